The molecule has 2 amide bonds. The molecule has 2 bridgehead atoms. The number of urea groups is 1. The quantitative estimate of drug-likeness (QED) is 0.659. The Morgan fingerprint density at radius 1 is 1.50 bits per heavy atom. The molecule has 0 aromatic rings. The van der Waals surface area contributed by atoms with Crippen LogP contribution in [-0.2, 0) is 14.7 Å². The number of rotatable bonds is 2. The minimum atomic E-state index is -4.71. The Kier molecular flexibility index (Phi) is 2.49. The van der Waals surface area contributed by atoms with E-state index in [1.54, 1.807) is 0 Å². The van der Waals surface area contributed by atoms with Crippen molar-refractivity contribution >= 4 is 16.4 Å². The summed E-state index contributed by atoms with van der Waals surface area (Å²) >= 11 is 0. The highest BCUT2D eigenvalue weighted by molar-refractivity contribution is 7.80. The lowest BCUT2D eigenvalue weighted by Gasteiger charge is -2.24. The van der Waals surface area contributed by atoms with Gasteiger partial charge in [-0.05, 0) is 12.8 Å². The maximum atomic E-state index is 11.6. The van der Waals surface area contributed by atoms with Crippen LogP contribution in [0, 0.1) is 11.3 Å². The molecular formula is C7H9N3O5S. The second-order valence-electron chi connectivity index (χ2n) is 3.64. The molecule has 2 aliphatic heterocycles. The highest BCUT2D eigenvalue weighted by Crippen LogP contribution is 2.30. The lowest BCUT2D eigenvalue weighted by atomic mass is 10.0. The molecule has 8 nitrogen and oxygen atoms in total. The van der Waals surface area contributed by atoms with Crippen LogP contribution in [-0.4, -0.2) is 47.6 Å². The first-order chi connectivity index (χ1) is 7.42. The molecule has 0 aromatic heterocycles. The van der Waals surface area contributed by atoms with Crippen molar-refractivity contribution in [1.29, 1.82) is 5.26 Å². The van der Waals surface area contributed by atoms with Gasteiger partial charge < -0.3 is 4.90 Å². The highest BCUT2D eigenvalue weighted by Gasteiger charge is 2.47. The molecule has 2 unspecified atom stereocenters. The lowest BCUT2D eigenvalue weighted by Crippen LogP contribution is -2.38. The van der Waals surface area contributed by atoms with Gasteiger partial charge in [0.1, 0.15) is 6.04 Å². The number of nitriles is 1. The van der Waals surface area contributed by atoms with Crippen molar-refractivity contribution in [3.63, 3.8) is 0 Å². The van der Waals surface area contributed by atoms with E-state index in [-0.39, 0.29) is 6.54 Å². The molecule has 0 radical (unpaired) electrons. The van der Waals surface area contributed by atoms with Crippen LogP contribution in [0.4, 0.5) is 4.79 Å². The molecule has 9 heteroatoms. The van der Waals surface area contributed by atoms with Gasteiger partial charge in [-0.2, -0.15) is 18.7 Å². The van der Waals surface area contributed by atoms with Crippen LogP contribution in [0.3, 0.4) is 0 Å². The molecule has 0 saturated carbocycles. The first-order valence-electron chi connectivity index (χ1n) is 4.59. The van der Waals surface area contributed by atoms with Gasteiger partial charge in [0.25, 0.3) is 0 Å². The van der Waals surface area contributed by atoms with Crippen LogP contribution >= 0.6 is 0 Å². The summed E-state index contributed by atoms with van der Waals surface area (Å²) in [6.07, 6.45) is 0.939. The van der Waals surface area contributed by atoms with E-state index in [0.717, 1.165) is 0 Å². The Morgan fingerprint density at radius 2 is 2.19 bits per heavy atom. The molecule has 88 valence electrons. The van der Waals surface area contributed by atoms with Crippen molar-refractivity contribution in [1.82, 2.24) is 9.96 Å². The van der Waals surface area contributed by atoms with Gasteiger partial charge in [-0.3, -0.25) is 4.55 Å². The van der Waals surface area contributed by atoms with Crippen LogP contribution in [0.15, 0.2) is 0 Å². The Hall–Kier alpha value is -1.37. The van der Waals surface area contributed by atoms with E-state index in [2.05, 4.69) is 4.28 Å². The normalized spacial score (nSPS) is 29.4. The van der Waals surface area contributed by atoms with Gasteiger partial charge in [0, 0.05) is 6.54 Å². The predicted octanol–water partition coefficient (Wildman–Crippen LogP) is -0.487. The molecule has 1 N–H and O–H groups in total. The number of nitrogens with zero attached hydrogens (tertiary/aromatic N) is 3. The van der Waals surface area contributed by atoms with Crippen molar-refractivity contribution in [2.24, 2.45) is 0 Å². The molecule has 2 atom stereocenters. The van der Waals surface area contributed by atoms with Crippen LogP contribution in [0.1, 0.15) is 12.8 Å². The first kappa shape index (κ1) is 11.1. The summed E-state index contributed by atoms with van der Waals surface area (Å²) in [6.45, 7) is 0.243. The smallest absolute Gasteiger partial charge is 0.305 e. The summed E-state index contributed by atoms with van der Waals surface area (Å²) in [7, 11) is -4.71. The summed E-state index contributed by atoms with van der Waals surface area (Å²) in [6, 6.07) is 0.266. The van der Waals surface area contributed by atoms with Crippen molar-refractivity contribution in [3.05, 3.63) is 0 Å². The zero-order valence-electron chi connectivity index (χ0n) is 8.11. The Balaban J connectivity index is 2.20. The van der Waals surface area contributed by atoms with Crippen molar-refractivity contribution in [3.8, 4) is 6.07 Å². The SMILES string of the molecule is N#CC1CCC2CN1C(=O)N2OS(=O)(=O)O. The number of hydrogen-bond acceptors (Lipinski definition) is 5. The summed E-state index contributed by atoms with van der Waals surface area (Å²) in [5, 5.41) is 9.39. The van der Waals surface area contributed by atoms with Gasteiger partial charge in [-0.15, -0.1) is 4.28 Å². The summed E-state index contributed by atoms with van der Waals surface area (Å²) < 4.78 is 33.7. The van der Waals surface area contributed by atoms with E-state index >= 15 is 0 Å². The van der Waals surface area contributed by atoms with Crippen LogP contribution in [0.2, 0.25) is 0 Å². The van der Waals surface area contributed by atoms with E-state index in [9.17, 15) is 13.2 Å². The van der Waals surface area contributed by atoms with E-state index in [1.165, 1.54) is 4.90 Å². The lowest BCUT2D eigenvalue weighted by molar-refractivity contribution is -0.0316. The van der Waals surface area contributed by atoms with Gasteiger partial charge >= 0.3 is 16.4 Å². The summed E-state index contributed by atoms with van der Waals surface area (Å²) in [5.74, 6) is 0. The molecule has 2 fully saturated rings. The Bertz CT molecular complexity index is 455. The van der Waals surface area contributed by atoms with E-state index in [0.29, 0.717) is 17.9 Å². The highest BCUT2D eigenvalue weighted by atomic mass is 32.3. The van der Waals surface area contributed by atoms with E-state index in [1.807, 2.05) is 6.07 Å². The molecule has 2 saturated heterocycles. The van der Waals surface area contributed by atoms with Crippen molar-refractivity contribution < 1.29 is 22.0 Å². The molecule has 0 spiro atoms. The third-order valence-electron chi connectivity index (χ3n) is 2.65. The first-order valence-corrected chi connectivity index (χ1v) is 5.95. The molecule has 16 heavy (non-hydrogen) atoms. The minimum absolute atomic E-state index is 0.243. The predicted molar refractivity (Wildman–Crippen MR) is 49.0 cm³/mol. The number of fused-ring (bicyclic) bond motifs is 2. The number of carbonyl (C=O) groups is 1. The number of hydrogen-bond donors (Lipinski definition) is 1. The summed E-state index contributed by atoms with van der Waals surface area (Å²) in [5.41, 5.74) is 0. The number of carbonyl (C=O) groups excluding carboxylic acids is 1. The Labute approximate surface area is 91.9 Å². The standard InChI is InChI=1S/C7H9N3O5S/c8-3-5-1-2-6-4-9(5)7(11)10(6)15-16(12,13)14/h5-6H,1-2,4H2,(H,12,13,14). The largest absolute Gasteiger partial charge is 0.418 e. The minimum Gasteiger partial charge on any atom is -0.305 e. The van der Waals surface area contributed by atoms with Crippen LogP contribution in [0.25, 0.3) is 0 Å². The van der Waals surface area contributed by atoms with Gasteiger partial charge in [-0.25, -0.2) is 4.79 Å². The average molecular weight is 247 g/mol. The van der Waals surface area contributed by atoms with Crippen molar-refractivity contribution in [2.45, 2.75) is 24.9 Å². The fourth-order valence-electron chi connectivity index (χ4n) is 1.97. The topological polar surface area (TPSA) is 111 Å². The van der Waals surface area contributed by atoms with Gasteiger partial charge in [0.05, 0.1) is 12.1 Å². The number of amides is 2. The van der Waals surface area contributed by atoms with Crippen LogP contribution < -0.4 is 0 Å². The van der Waals surface area contributed by atoms with Gasteiger partial charge in [0.2, 0.25) is 0 Å². The Morgan fingerprint density at radius 3 is 2.75 bits per heavy atom. The molecular weight excluding hydrogens is 238 g/mol. The van der Waals surface area contributed by atoms with Gasteiger partial charge in [0.15, 0.2) is 0 Å². The zero-order chi connectivity index (χ0) is 11.9. The molecule has 2 aliphatic rings. The van der Waals surface area contributed by atoms with E-state index < -0.39 is 28.5 Å². The van der Waals surface area contributed by atoms with Gasteiger partial charge in [-0.1, -0.05) is 0 Å². The second kappa shape index (κ2) is 3.58. The maximum absolute atomic E-state index is 11.6. The average Bonchev–Trinajstić information content (AvgIpc) is 2.43. The third kappa shape index (κ3) is 1.82. The molecule has 0 aliphatic carbocycles. The molecule has 2 rings (SSSR count). The number of piperidine rings is 1. The zero-order valence-corrected chi connectivity index (χ0v) is 8.92. The summed E-state index contributed by atoms with van der Waals surface area (Å²) in [4.78, 5) is 12.9. The fraction of sp³-hybridized carbons (Fsp3) is 0.714. The second-order valence-corrected chi connectivity index (χ2v) is 4.64. The maximum Gasteiger partial charge on any atom is 0.418 e. The van der Waals surface area contributed by atoms with Crippen molar-refractivity contribution in [2.75, 3.05) is 6.54 Å². The van der Waals surface area contributed by atoms with Crippen LogP contribution in [0.5, 0.6) is 0 Å². The monoisotopic (exact) mass is 247 g/mol. The third-order valence-corrected chi connectivity index (χ3v) is 3.00. The van der Waals surface area contributed by atoms with E-state index in [4.69, 9.17) is 9.81 Å². The molecule has 0 aromatic carbocycles. The number of hydroxylamine groups is 2. The molecule has 2 heterocycles. The fourth-order valence-corrected chi connectivity index (χ4v) is 2.35.